The average Bonchev–Trinajstić information content (AvgIpc) is 2.47. The number of carbonyl (C=O) groups is 1. The zero-order valence-electron chi connectivity index (χ0n) is 5.94. The van der Waals surface area contributed by atoms with E-state index in [1.165, 1.54) is 10.9 Å². The van der Waals surface area contributed by atoms with Gasteiger partial charge in [-0.15, -0.1) is 0 Å². The SMILES string of the molecule is O=C(Cl)n1cnc2cccnc21. The highest BCUT2D eigenvalue weighted by Crippen LogP contribution is 2.09. The van der Waals surface area contributed by atoms with Gasteiger partial charge in [0.15, 0.2) is 5.65 Å². The van der Waals surface area contributed by atoms with E-state index in [2.05, 4.69) is 9.97 Å². The molecule has 0 aliphatic rings. The number of halogens is 1. The first kappa shape index (κ1) is 7.24. The maximum absolute atomic E-state index is 10.8. The highest BCUT2D eigenvalue weighted by molar-refractivity contribution is 6.63. The molecule has 0 atom stereocenters. The molecule has 2 aromatic rings. The summed E-state index contributed by atoms with van der Waals surface area (Å²) in [4.78, 5) is 18.7. The summed E-state index contributed by atoms with van der Waals surface area (Å²) < 4.78 is 1.19. The predicted octanol–water partition coefficient (Wildman–Crippen LogP) is 1.64. The summed E-state index contributed by atoms with van der Waals surface area (Å²) in [5.74, 6) is 0. The summed E-state index contributed by atoms with van der Waals surface area (Å²) in [6, 6.07) is 3.51. The lowest BCUT2D eigenvalue weighted by Gasteiger charge is -1.92. The quantitative estimate of drug-likeness (QED) is 0.581. The first-order valence-corrected chi connectivity index (χ1v) is 3.65. The highest BCUT2D eigenvalue weighted by Gasteiger charge is 2.06. The van der Waals surface area contributed by atoms with Gasteiger partial charge in [0.2, 0.25) is 0 Å². The second-order valence-corrected chi connectivity index (χ2v) is 2.54. The van der Waals surface area contributed by atoms with Gasteiger partial charge in [-0.05, 0) is 23.7 Å². The molecule has 2 aromatic heterocycles. The third-order valence-corrected chi connectivity index (χ3v) is 1.68. The highest BCUT2D eigenvalue weighted by atomic mass is 35.5. The zero-order valence-corrected chi connectivity index (χ0v) is 6.69. The summed E-state index contributed by atoms with van der Waals surface area (Å²) in [6.45, 7) is 0. The van der Waals surface area contributed by atoms with Crippen LogP contribution in [0.25, 0.3) is 11.2 Å². The summed E-state index contributed by atoms with van der Waals surface area (Å²) >= 11 is 5.27. The molecule has 0 aliphatic heterocycles. The van der Waals surface area contributed by atoms with Gasteiger partial charge in [0.25, 0.3) is 0 Å². The smallest absolute Gasteiger partial charge is 0.255 e. The van der Waals surface area contributed by atoms with Gasteiger partial charge in [-0.1, -0.05) is 0 Å². The summed E-state index contributed by atoms with van der Waals surface area (Å²) in [5, 5.41) is -0.601. The topological polar surface area (TPSA) is 47.8 Å². The standard InChI is InChI=1S/C7H4ClN3O/c8-7(12)11-4-10-5-2-1-3-9-6(5)11/h1-4H. The van der Waals surface area contributed by atoms with Crippen LogP contribution in [-0.2, 0) is 0 Å². The third-order valence-electron chi connectivity index (χ3n) is 1.50. The molecule has 12 heavy (non-hydrogen) atoms. The molecule has 4 nitrogen and oxygen atoms in total. The molecule has 0 N–H and O–H groups in total. The molecule has 0 amide bonds. The molecular weight excluding hydrogens is 178 g/mol. The Morgan fingerprint density at radius 3 is 3.08 bits per heavy atom. The summed E-state index contributed by atoms with van der Waals surface area (Å²) in [6.07, 6.45) is 2.94. The van der Waals surface area contributed by atoms with Gasteiger partial charge in [0, 0.05) is 6.20 Å². The molecule has 0 unspecified atom stereocenters. The predicted molar refractivity (Wildman–Crippen MR) is 44.2 cm³/mol. The number of carbonyl (C=O) groups excluding carboxylic acids is 1. The van der Waals surface area contributed by atoms with Crippen molar-refractivity contribution in [2.45, 2.75) is 0 Å². The number of fused-ring (bicyclic) bond motifs is 1. The molecule has 0 saturated carbocycles. The Kier molecular flexibility index (Phi) is 1.55. The fraction of sp³-hybridized carbons (Fsp3) is 0. The average molecular weight is 182 g/mol. The summed E-state index contributed by atoms with van der Waals surface area (Å²) in [7, 11) is 0. The van der Waals surface area contributed by atoms with Crippen LogP contribution >= 0.6 is 11.6 Å². The van der Waals surface area contributed by atoms with Crippen molar-refractivity contribution in [3.05, 3.63) is 24.7 Å². The molecule has 0 aromatic carbocycles. The molecule has 0 radical (unpaired) electrons. The second kappa shape index (κ2) is 2.57. The van der Waals surface area contributed by atoms with Crippen molar-refractivity contribution in [2.24, 2.45) is 0 Å². The van der Waals surface area contributed by atoms with E-state index < -0.39 is 5.37 Å². The van der Waals surface area contributed by atoms with Crippen molar-refractivity contribution in [2.75, 3.05) is 0 Å². The lowest BCUT2D eigenvalue weighted by atomic mass is 10.4. The van der Waals surface area contributed by atoms with E-state index in [0.717, 1.165) is 0 Å². The third kappa shape index (κ3) is 0.967. The van der Waals surface area contributed by atoms with E-state index in [0.29, 0.717) is 11.2 Å². The number of aromatic nitrogens is 3. The molecule has 0 aliphatic carbocycles. The zero-order chi connectivity index (χ0) is 8.55. The lowest BCUT2D eigenvalue weighted by Crippen LogP contribution is -1.99. The molecular formula is C7H4ClN3O. The minimum Gasteiger partial charge on any atom is -0.255 e. The van der Waals surface area contributed by atoms with Crippen LogP contribution in [0.15, 0.2) is 24.7 Å². The molecule has 60 valence electrons. The maximum Gasteiger partial charge on any atom is 0.327 e. The molecule has 0 bridgehead atoms. The van der Waals surface area contributed by atoms with Gasteiger partial charge < -0.3 is 0 Å². The van der Waals surface area contributed by atoms with E-state index in [4.69, 9.17) is 11.6 Å². The molecule has 0 fully saturated rings. The number of imidazole rings is 1. The Labute approximate surface area is 72.8 Å². The van der Waals surface area contributed by atoms with Crippen LogP contribution < -0.4 is 0 Å². The number of hydrogen-bond donors (Lipinski definition) is 0. The summed E-state index contributed by atoms with van der Waals surface area (Å²) in [5.41, 5.74) is 1.14. The van der Waals surface area contributed by atoms with Gasteiger partial charge in [0.05, 0.1) is 0 Å². The first-order valence-electron chi connectivity index (χ1n) is 3.27. The Morgan fingerprint density at radius 1 is 1.50 bits per heavy atom. The maximum atomic E-state index is 10.8. The van der Waals surface area contributed by atoms with Crippen LogP contribution in [0.4, 0.5) is 4.79 Å². The minimum absolute atomic E-state index is 0.484. The number of hydrogen-bond acceptors (Lipinski definition) is 3. The van der Waals surface area contributed by atoms with E-state index in [-0.39, 0.29) is 0 Å². The Balaban J connectivity index is 2.79. The van der Waals surface area contributed by atoms with Gasteiger partial charge in [-0.25, -0.2) is 14.5 Å². The van der Waals surface area contributed by atoms with E-state index in [1.807, 2.05) is 0 Å². The van der Waals surface area contributed by atoms with E-state index >= 15 is 0 Å². The van der Waals surface area contributed by atoms with Crippen LogP contribution in [0.1, 0.15) is 0 Å². The lowest BCUT2D eigenvalue weighted by molar-refractivity contribution is 0.261. The van der Waals surface area contributed by atoms with Crippen molar-refractivity contribution in [3.8, 4) is 0 Å². The van der Waals surface area contributed by atoms with Crippen LogP contribution in [0, 0.1) is 0 Å². The van der Waals surface area contributed by atoms with Crippen molar-refractivity contribution in [1.29, 1.82) is 0 Å². The van der Waals surface area contributed by atoms with E-state index in [1.54, 1.807) is 18.3 Å². The number of rotatable bonds is 0. The van der Waals surface area contributed by atoms with Crippen molar-refractivity contribution < 1.29 is 4.79 Å². The molecule has 2 rings (SSSR count). The Hall–Kier alpha value is -1.42. The van der Waals surface area contributed by atoms with Crippen LogP contribution in [0.2, 0.25) is 0 Å². The molecule has 2 heterocycles. The van der Waals surface area contributed by atoms with Gasteiger partial charge in [-0.2, -0.15) is 0 Å². The molecule has 0 spiro atoms. The monoisotopic (exact) mass is 181 g/mol. The second-order valence-electron chi connectivity index (χ2n) is 2.21. The minimum atomic E-state index is -0.601. The van der Waals surface area contributed by atoms with Crippen LogP contribution in [0.5, 0.6) is 0 Å². The van der Waals surface area contributed by atoms with Gasteiger partial charge >= 0.3 is 5.37 Å². The van der Waals surface area contributed by atoms with Crippen molar-refractivity contribution in [1.82, 2.24) is 14.5 Å². The largest absolute Gasteiger partial charge is 0.327 e. The fourth-order valence-electron chi connectivity index (χ4n) is 0.978. The molecule has 5 heteroatoms. The Bertz CT molecular complexity index is 437. The normalized spacial score (nSPS) is 10.4. The van der Waals surface area contributed by atoms with Crippen molar-refractivity contribution >= 4 is 28.1 Å². The van der Waals surface area contributed by atoms with Crippen LogP contribution in [-0.4, -0.2) is 19.9 Å². The van der Waals surface area contributed by atoms with Crippen molar-refractivity contribution in [3.63, 3.8) is 0 Å². The van der Waals surface area contributed by atoms with Gasteiger partial charge in [-0.3, -0.25) is 4.79 Å². The number of nitrogens with zero attached hydrogens (tertiary/aromatic N) is 3. The fourth-order valence-corrected chi connectivity index (χ4v) is 1.10. The van der Waals surface area contributed by atoms with Gasteiger partial charge in [0.1, 0.15) is 11.8 Å². The van der Waals surface area contributed by atoms with E-state index in [9.17, 15) is 4.79 Å². The molecule has 0 saturated heterocycles. The van der Waals surface area contributed by atoms with Crippen LogP contribution in [0.3, 0.4) is 0 Å². The Morgan fingerprint density at radius 2 is 2.33 bits per heavy atom. The first-order chi connectivity index (χ1) is 5.79. The number of pyridine rings is 1.